The van der Waals surface area contributed by atoms with E-state index in [9.17, 15) is 13.2 Å². The summed E-state index contributed by atoms with van der Waals surface area (Å²) in [4.78, 5) is 3.84. The van der Waals surface area contributed by atoms with Crippen molar-refractivity contribution in [3.05, 3.63) is 65.0 Å². The van der Waals surface area contributed by atoms with Crippen molar-refractivity contribution in [2.45, 2.75) is 32.0 Å². The van der Waals surface area contributed by atoms with Gasteiger partial charge in [-0.1, -0.05) is 37.6 Å². The normalized spacial score (nSPS) is 13.2. The number of rotatable bonds is 4. The van der Waals surface area contributed by atoms with Gasteiger partial charge in [0.25, 0.3) is 0 Å². The van der Waals surface area contributed by atoms with Crippen molar-refractivity contribution < 1.29 is 13.2 Å². The minimum absolute atomic E-state index is 0.422. The topological polar surface area (TPSA) is 38.9 Å². The Balaban J connectivity index is 2.17. The third kappa shape index (κ3) is 3.82. The molecule has 0 radical (unpaired) electrons. The van der Waals surface area contributed by atoms with Gasteiger partial charge in [-0.15, -0.1) is 0 Å². The Morgan fingerprint density at radius 1 is 1.10 bits per heavy atom. The van der Waals surface area contributed by atoms with Gasteiger partial charge in [-0.3, -0.25) is 4.98 Å². The average Bonchev–Trinajstić information content (AvgIpc) is 2.47. The van der Waals surface area contributed by atoms with E-state index in [1.54, 1.807) is 0 Å². The van der Waals surface area contributed by atoms with Gasteiger partial charge in [0, 0.05) is 6.20 Å². The lowest BCUT2D eigenvalue weighted by molar-refractivity contribution is -0.137. The molecule has 0 aliphatic rings. The lowest BCUT2D eigenvalue weighted by atomic mass is 10.0. The molecule has 0 saturated heterocycles. The zero-order chi connectivity index (χ0) is 15.5. The summed E-state index contributed by atoms with van der Waals surface area (Å²) in [6.07, 6.45) is -1.50. The minimum atomic E-state index is -4.38. The van der Waals surface area contributed by atoms with Crippen molar-refractivity contribution in [1.29, 1.82) is 0 Å². The number of halogens is 3. The lowest BCUT2D eigenvalue weighted by Crippen LogP contribution is -2.14. The molecule has 0 saturated carbocycles. The number of aryl methyl sites for hydroxylation is 1. The van der Waals surface area contributed by atoms with Gasteiger partial charge in [0.2, 0.25) is 0 Å². The summed E-state index contributed by atoms with van der Waals surface area (Å²) in [5, 5.41) is 0. The number of benzene rings is 1. The fraction of sp³-hybridized carbons (Fsp3) is 0.312. The average molecular weight is 294 g/mol. The maximum Gasteiger partial charge on any atom is 0.417 e. The van der Waals surface area contributed by atoms with E-state index in [0.29, 0.717) is 5.69 Å². The van der Waals surface area contributed by atoms with Crippen LogP contribution in [0.3, 0.4) is 0 Å². The number of alkyl halides is 3. The molecular formula is C16H17F3N2. The van der Waals surface area contributed by atoms with Crippen LogP contribution in [0.4, 0.5) is 13.2 Å². The quantitative estimate of drug-likeness (QED) is 0.922. The molecule has 0 bridgehead atoms. The minimum Gasteiger partial charge on any atom is -0.319 e. The molecule has 112 valence electrons. The Morgan fingerprint density at radius 3 is 2.24 bits per heavy atom. The van der Waals surface area contributed by atoms with Crippen LogP contribution in [0.2, 0.25) is 0 Å². The molecule has 2 aromatic rings. The second-order valence-electron chi connectivity index (χ2n) is 4.94. The van der Waals surface area contributed by atoms with Gasteiger partial charge in [0.05, 0.1) is 17.3 Å². The number of hydrogen-bond donors (Lipinski definition) is 1. The van der Waals surface area contributed by atoms with Crippen molar-refractivity contribution >= 4 is 0 Å². The molecule has 0 aliphatic carbocycles. The van der Waals surface area contributed by atoms with Crippen molar-refractivity contribution in [3.63, 3.8) is 0 Å². The largest absolute Gasteiger partial charge is 0.417 e. The van der Waals surface area contributed by atoms with E-state index in [-0.39, 0.29) is 0 Å². The molecular weight excluding hydrogens is 277 g/mol. The second kappa shape index (κ2) is 6.26. The van der Waals surface area contributed by atoms with Crippen molar-refractivity contribution in [2.75, 3.05) is 0 Å². The molecule has 5 heteroatoms. The lowest BCUT2D eigenvalue weighted by Gasteiger charge is -2.13. The van der Waals surface area contributed by atoms with Crippen LogP contribution in [0, 0.1) is 0 Å². The molecule has 1 heterocycles. The molecule has 2 rings (SSSR count). The molecule has 2 N–H and O–H groups in total. The molecule has 0 fully saturated rings. The van der Waals surface area contributed by atoms with Gasteiger partial charge in [-0.05, 0) is 29.7 Å². The molecule has 0 spiro atoms. The summed E-state index contributed by atoms with van der Waals surface area (Å²) in [6.45, 7) is 2.10. The Bertz CT molecular complexity index is 574. The van der Waals surface area contributed by atoms with Crippen LogP contribution in [0.5, 0.6) is 0 Å². The van der Waals surface area contributed by atoms with Crippen LogP contribution in [-0.4, -0.2) is 4.98 Å². The summed E-state index contributed by atoms with van der Waals surface area (Å²) in [5.41, 5.74) is 7.76. The number of nitrogens with zero attached hydrogens (tertiary/aromatic N) is 1. The van der Waals surface area contributed by atoms with E-state index in [1.165, 1.54) is 11.6 Å². The van der Waals surface area contributed by atoms with Crippen molar-refractivity contribution in [2.24, 2.45) is 5.73 Å². The number of pyridine rings is 1. The summed E-state index contributed by atoms with van der Waals surface area (Å²) >= 11 is 0. The Kier molecular flexibility index (Phi) is 4.63. The van der Waals surface area contributed by atoms with E-state index >= 15 is 0 Å². The molecule has 1 atom stereocenters. The fourth-order valence-corrected chi connectivity index (χ4v) is 2.11. The summed E-state index contributed by atoms with van der Waals surface area (Å²) in [6, 6.07) is 9.58. The van der Waals surface area contributed by atoms with E-state index in [1.807, 2.05) is 24.3 Å². The third-order valence-corrected chi connectivity index (χ3v) is 3.31. The Morgan fingerprint density at radius 2 is 1.76 bits per heavy atom. The molecule has 1 aromatic heterocycles. The maximum absolute atomic E-state index is 12.5. The standard InChI is InChI=1S/C16H17F3N2/c1-2-3-11-4-6-12(7-5-11)15(20)14-9-8-13(10-21-14)16(17,18)19/h4-10,15H,2-3,20H2,1H3. The number of nitrogens with two attached hydrogens (primary N) is 1. The predicted molar refractivity (Wildman–Crippen MR) is 75.7 cm³/mol. The molecule has 1 unspecified atom stereocenters. The van der Waals surface area contributed by atoms with E-state index < -0.39 is 17.8 Å². The van der Waals surface area contributed by atoms with Gasteiger partial charge in [-0.2, -0.15) is 13.2 Å². The molecule has 0 amide bonds. The number of hydrogen-bond acceptors (Lipinski definition) is 2. The van der Waals surface area contributed by atoms with Crippen molar-refractivity contribution in [1.82, 2.24) is 4.98 Å². The van der Waals surface area contributed by atoms with E-state index in [2.05, 4.69) is 11.9 Å². The van der Waals surface area contributed by atoms with Crippen LogP contribution in [0.25, 0.3) is 0 Å². The first-order valence-corrected chi connectivity index (χ1v) is 6.79. The predicted octanol–water partition coefficient (Wildman–Crippen LogP) is 4.10. The maximum atomic E-state index is 12.5. The highest BCUT2D eigenvalue weighted by Crippen LogP contribution is 2.29. The van der Waals surface area contributed by atoms with Crippen LogP contribution < -0.4 is 5.73 Å². The first kappa shape index (κ1) is 15.5. The third-order valence-electron chi connectivity index (χ3n) is 3.31. The van der Waals surface area contributed by atoms with Crippen LogP contribution in [0.1, 0.15) is 41.8 Å². The molecule has 0 aliphatic heterocycles. The molecule has 1 aromatic carbocycles. The molecule has 2 nitrogen and oxygen atoms in total. The fourth-order valence-electron chi connectivity index (χ4n) is 2.11. The van der Waals surface area contributed by atoms with Crippen LogP contribution >= 0.6 is 0 Å². The zero-order valence-electron chi connectivity index (χ0n) is 11.7. The highest BCUT2D eigenvalue weighted by atomic mass is 19.4. The number of aromatic nitrogens is 1. The van der Waals surface area contributed by atoms with Gasteiger partial charge in [0.1, 0.15) is 0 Å². The van der Waals surface area contributed by atoms with Crippen LogP contribution in [0.15, 0.2) is 42.6 Å². The van der Waals surface area contributed by atoms with Crippen LogP contribution in [-0.2, 0) is 12.6 Å². The Hall–Kier alpha value is -1.88. The highest BCUT2D eigenvalue weighted by molar-refractivity contribution is 5.31. The highest BCUT2D eigenvalue weighted by Gasteiger charge is 2.30. The first-order chi connectivity index (χ1) is 9.91. The first-order valence-electron chi connectivity index (χ1n) is 6.79. The Labute approximate surface area is 121 Å². The van der Waals surface area contributed by atoms with Crippen molar-refractivity contribution in [3.8, 4) is 0 Å². The summed E-state index contributed by atoms with van der Waals surface area (Å²) < 4.78 is 37.5. The van der Waals surface area contributed by atoms with Gasteiger partial charge < -0.3 is 5.73 Å². The second-order valence-corrected chi connectivity index (χ2v) is 4.94. The van der Waals surface area contributed by atoms with Gasteiger partial charge in [-0.25, -0.2) is 0 Å². The van der Waals surface area contributed by atoms with E-state index in [4.69, 9.17) is 5.73 Å². The molecule has 21 heavy (non-hydrogen) atoms. The van der Waals surface area contributed by atoms with Gasteiger partial charge in [0.15, 0.2) is 0 Å². The SMILES string of the molecule is CCCc1ccc(C(N)c2ccc(C(F)(F)F)cn2)cc1. The summed E-state index contributed by atoms with van der Waals surface area (Å²) in [5.74, 6) is 0. The monoisotopic (exact) mass is 294 g/mol. The summed E-state index contributed by atoms with van der Waals surface area (Å²) in [7, 11) is 0. The zero-order valence-corrected chi connectivity index (χ0v) is 11.7. The van der Waals surface area contributed by atoms with Gasteiger partial charge >= 0.3 is 6.18 Å². The van der Waals surface area contributed by atoms with E-state index in [0.717, 1.165) is 30.7 Å². The smallest absolute Gasteiger partial charge is 0.319 e.